The Bertz CT molecular complexity index is 4020. The van der Waals surface area contributed by atoms with E-state index in [-0.39, 0.29) is 6.04 Å². The van der Waals surface area contributed by atoms with Gasteiger partial charge in [0.2, 0.25) is 5.96 Å². The lowest BCUT2D eigenvalue weighted by Gasteiger charge is -2.25. The van der Waals surface area contributed by atoms with Gasteiger partial charge < -0.3 is 9.88 Å². The minimum atomic E-state index is -0.0517. The summed E-state index contributed by atoms with van der Waals surface area (Å²) in [5.41, 5.74) is 11.6. The van der Waals surface area contributed by atoms with E-state index in [4.69, 9.17) is 4.99 Å². The molecule has 0 saturated carbocycles. The number of thioether (sulfide) groups is 1. The fraction of sp³-hybridized carbons (Fsp3) is 0.0172. The number of aliphatic imine (C=N–C) groups is 1. The molecule has 1 unspecified atom stereocenters. The SMILES string of the molecule is C1=C(c2ccccc2)SC2=C(c3ccc4sc5ccccc5c4c3)N=C(n3c4ccc(-c5ccc6c(c5)c5ccccc5n6-c5ccccc5)cc4c4ccc5ccccc5c43)NC12. The second-order valence-corrected chi connectivity index (χ2v) is 18.9. The third-order valence-electron chi connectivity index (χ3n) is 13.1. The van der Waals surface area contributed by atoms with Crippen molar-refractivity contribution < 1.29 is 0 Å². The lowest BCUT2D eigenvalue weighted by molar-refractivity contribution is 0.835. The lowest BCUT2D eigenvalue weighted by atomic mass is 10.00. The first-order chi connectivity index (χ1) is 31.7. The molecule has 2 aliphatic rings. The summed E-state index contributed by atoms with van der Waals surface area (Å²) in [6.07, 6.45) is 2.39. The Morgan fingerprint density at radius 1 is 0.438 bits per heavy atom. The number of fused-ring (bicyclic) bond motifs is 12. The molecule has 0 fully saturated rings. The van der Waals surface area contributed by atoms with Crippen molar-refractivity contribution in [3.05, 3.63) is 222 Å². The number of hydrogen-bond acceptors (Lipinski definition) is 4. The van der Waals surface area contributed by atoms with Crippen LogP contribution in [0.3, 0.4) is 0 Å². The van der Waals surface area contributed by atoms with Crippen LogP contribution in [0.25, 0.3) is 102 Å². The standard InChI is InChI=1S/C58H36N4S2/c1-3-14-36(15-4-1)54-34-48-57(64-54)55(39-26-30-53-47(33-39)43-20-10-12-22-52(43)63-53)60-58(59-48)62-51-29-25-38(32-46(51)44-27-23-35-13-7-8-18-41(35)56(44)62)37-24-28-50-45(31-37)42-19-9-11-21-49(42)61(50)40-16-5-2-6-17-40/h1-34,48H,(H,59,60). The van der Waals surface area contributed by atoms with E-state index < -0.39 is 0 Å². The highest BCUT2D eigenvalue weighted by molar-refractivity contribution is 8.12. The summed E-state index contributed by atoms with van der Waals surface area (Å²) in [6, 6.07) is 73.0. The minimum Gasteiger partial charge on any atom is -0.344 e. The summed E-state index contributed by atoms with van der Waals surface area (Å²) in [4.78, 5) is 8.17. The number of nitrogens with one attached hydrogen (secondary N) is 1. The average molecular weight is 853 g/mol. The molecule has 14 rings (SSSR count). The van der Waals surface area contributed by atoms with E-state index in [0.717, 1.165) is 33.9 Å². The number of nitrogens with zero attached hydrogens (tertiary/aromatic N) is 3. The van der Waals surface area contributed by atoms with Crippen LogP contribution in [0, 0.1) is 0 Å². The first kappa shape index (κ1) is 35.9. The van der Waals surface area contributed by atoms with Gasteiger partial charge in [0, 0.05) is 68.2 Å². The molecule has 12 aromatic rings. The summed E-state index contributed by atoms with van der Waals surface area (Å²) in [5.74, 6) is 0.824. The molecular weight excluding hydrogens is 817 g/mol. The Morgan fingerprint density at radius 2 is 1.06 bits per heavy atom. The number of thiophene rings is 1. The molecule has 9 aromatic carbocycles. The van der Waals surface area contributed by atoms with Crippen molar-refractivity contribution >= 4 is 114 Å². The van der Waals surface area contributed by atoms with E-state index in [1.165, 1.54) is 90.0 Å². The number of hydrogen-bond donors (Lipinski definition) is 1. The number of para-hydroxylation sites is 2. The maximum absolute atomic E-state index is 5.71. The molecule has 0 saturated heterocycles. The molecule has 0 bridgehead atoms. The predicted octanol–water partition coefficient (Wildman–Crippen LogP) is 15.4. The van der Waals surface area contributed by atoms with Gasteiger partial charge in [-0.15, -0.1) is 11.3 Å². The monoisotopic (exact) mass is 852 g/mol. The summed E-state index contributed by atoms with van der Waals surface area (Å²) >= 11 is 3.69. The third kappa shape index (κ3) is 5.40. The van der Waals surface area contributed by atoms with Gasteiger partial charge in [-0.3, -0.25) is 4.57 Å². The Morgan fingerprint density at radius 3 is 1.89 bits per heavy atom. The normalized spacial score (nSPS) is 15.2. The number of rotatable bonds is 4. The Labute approximate surface area is 376 Å². The second-order valence-electron chi connectivity index (χ2n) is 16.7. The summed E-state index contributed by atoms with van der Waals surface area (Å²) in [7, 11) is 0. The fourth-order valence-corrected chi connectivity index (χ4v) is 12.5. The van der Waals surface area contributed by atoms with Gasteiger partial charge in [0.15, 0.2) is 0 Å². The first-order valence-electron chi connectivity index (χ1n) is 21.7. The van der Waals surface area contributed by atoms with Gasteiger partial charge in [-0.2, -0.15) is 0 Å². The van der Waals surface area contributed by atoms with Crippen molar-refractivity contribution in [3.63, 3.8) is 0 Å². The van der Waals surface area contributed by atoms with Crippen LogP contribution >= 0.6 is 23.1 Å². The molecule has 4 nitrogen and oxygen atoms in total. The van der Waals surface area contributed by atoms with E-state index in [2.05, 4.69) is 221 Å². The van der Waals surface area contributed by atoms with Crippen LogP contribution in [0.15, 0.2) is 216 Å². The largest absolute Gasteiger partial charge is 0.344 e. The van der Waals surface area contributed by atoms with Crippen LogP contribution < -0.4 is 5.32 Å². The molecule has 6 heteroatoms. The van der Waals surface area contributed by atoms with E-state index in [1.807, 2.05) is 23.1 Å². The van der Waals surface area contributed by atoms with Crippen LogP contribution in [0.1, 0.15) is 11.1 Å². The highest BCUT2D eigenvalue weighted by Crippen LogP contribution is 2.49. The van der Waals surface area contributed by atoms with E-state index >= 15 is 0 Å². The maximum atomic E-state index is 5.71. The number of aromatic nitrogens is 2. The van der Waals surface area contributed by atoms with Gasteiger partial charge in [-0.1, -0.05) is 151 Å². The van der Waals surface area contributed by atoms with Crippen molar-refractivity contribution in [1.29, 1.82) is 0 Å². The molecular formula is C58H36N4S2. The van der Waals surface area contributed by atoms with Crippen LogP contribution in [-0.4, -0.2) is 21.1 Å². The van der Waals surface area contributed by atoms with Gasteiger partial charge in [0.25, 0.3) is 0 Å². The van der Waals surface area contributed by atoms with Gasteiger partial charge in [0.1, 0.15) is 0 Å². The first-order valence-corrected chi connectivity index (χ1v) is 23.4. The quantitative estimate of drug-likeness (QED) is 0.191. The minimum absolute atomic E-state index is 0.0517. The zero-order chi connectivity index (χ0) is 41.9. The molecule has 1 atom stereocenters. The highest BCUT2D eigenvalue weighted by Gasteiger charge is 2.33. The van der Waals surface area contributed by atoms with Gasteiger partial charge in [-0.25, -0.2) is 4.99 Å². The molecule has 1 N–H and O–H groups in total. The van der Waals surface area contributed by atoms with Crippen LogP contribution in [-0.2, 0) is 0 Å². The van der Waals surface area contributed by atoms with Crippen molar-refractivity contribution in [2.75, 3.05) is 0 Å². The molecule has 0 radical (unpaired) electrons. The Kier molecular flexibility index (Phi) is 7.82. The van der Waals surface area contributed by atoms with Crippen molar-refractivity contribution in [2.45, 2.75) is 6.04 Å². The van der Waals surface area contributed by atoms with Crippen molar-refractivity contribution in [2.24, 2.45) is 4.99 Å². The van der Waals surface area contributed by atoms with Crippen LogP contribution in [0.2, 0.25) is 0 Å². The van der Waals surface area contributed by atoms with Gasteiger partial charge in [0.05, 0.1) is 33.8 Å². The Hall–Kier alpha value is -7.64. The van der Waals surface area contributed by atoms with E-state index in [9.17, 15) is 0 Å². The van der Waals surface area contributed by atoms with Gasteiger partial charge in [-0.05, 0) is 88.8 Å². The summed E-state index contributed by atoms with van der Waals surface area (Å²) in [6.45, 7) is 0. The molecule has 0 spiro atoms. The lowest BCUT2D eigenvalue weighted by Crippen LogP contribution is -2.40. The van der Waals surface area contributed by atoms with Crippen molar-refractivity contribution in [3.8, 4) is 16.8 Å². The molecule has 0 aliphatic carbocycles. The zero-order valence-electron chi connectivity index (χ0n) is 34.4. The molecule has 64 heavy (non-hydrogen) atoms. The fourth-order valence-electron chi connectivity index (χ4n) is 10.2. The molecule has 300 valence electrons. The molecule has 0 amide bonds. The third-order valence-corrected chi connectivity index (χ3v) is 15.6. The highest BCUT2D eigenvalue weighted by atomic mass is 32.2. The molecule has 3 aromatic heterocycles. The topological polar surface area (TPSA) is 34.2 Å². The summed E-state index contributed by atoms with van der Waals surface area (Å²) < 4.78 is 7.36. The zero-order valence-corrected chi connectivity index (χ0v) is 36.0. The predicted molar refractivity (Wildman–Crippen MR) is 275 cm³/mol. The maximum Gasteiger partial charge on any atom is 0.209 e. The Balaban J connectivity index is 0.980. The second kappa shape index (κ2) is 13.9. The van der Waals surface area contributed by atoms with Crippen LogP contribution in [0.4, 0.5) is 0 Å². The molecule has 2 aliphatic heterocycles. The average Bonchev–Trinajstić information content (AvgIpc) is 4.13. The smallest absolute Gasteiger partial charge is 0.209 e. The van der Waals surface area contributed by atoms with E-state index in [0.29, 0.717) is 0 Å². The van der Waals surface area contributed by atoms with Crippen LogP contribution in [0.5, 0.6) is 0 Å². The molecule has 5 heterocycles. The summed E-state index contributed by atoms with van der Waals surface area (Å²) in [5, 5.41) is 13.8. The van der Waals surface area contributed by atoms with E-state index in [1.54, 1.807) is 0 Å². The van der Waals surface area contributed by atoms with Gasteiger partial charge >= 0.3 is 0 Å². The van der Waals surface area contributed by atoms with Crippen molar-refractivity contribution in [1.82, 2.24) is 14.5 Å². The number of benzene rings is 9.